The van der Waals surface area contributed by atoms with E-state index in [9.17, 15) is 13.2 Å². The molecule has 0 aromatic rings. The molecule has 1 rings (SSSR count). The van der Waals surface area contributed by atoms with E-state index in [1.807, 2.05) is 0 Å². The Morgan fingerprint density at radius 3 is 2.53 bits per heavy atom. The van der Waals surface area contributed by atoms with Crippen molar-refractivity contribution in [3.05, 3.63) is 0 Å². The summed E-state index contributed by atoms with van der Waals surface area (Å²) in [4.78, 5) is 11.7. The molecule has 6 heteroatoms. The molecule has 1 N–H and O–H groups in total. The number of sulfonamides is 1. The Labute approximate surface area is 103 Å². The van der Waals surface area contributed by atoms with Crippen LogP contribution in [0.1, 0.15) is 39.5 Å². The number of rotatable bonds is 5. The largest absolute Gasteiger partial charge is 0.466 e. The van der Waals surface area contributed by atoms with Gasteiger partial charge in [-0.25, -0.2) is 13.1 Å². The predicted molar refractivity (Wildman–Crippen MR) is 65.0 cm³/mol. The highest BCUT2D eigenvalue weighted by atomic mass is 32.2. The first-order valence-corrected chi connectivity index (χ1v) is 7.82. The van der Waals surface area contributed by atoms with E-state index in [0.717, 1.165) is 12.8 Å². The Morgan fingerprint density at radius 1 is 1.29 bits per heavy atom. The molecule has 0 amide bonds. The lowest BCUT2D eigenvalue weighted by atomic mass is 9.85. The highest BCUT2D eigenvalue weighted by Gasteiger charge is 2.34. The van der Waals surface area contributed by atoms with E-state index in [0.29, 0.717) is 19.4 Å². The van der Waals surface area contributed by atoms with Crippen molar-refractivity contribution >= 4 is 16.0 Å². The molecule has 1 saturated carbocycles. The van der Waals surface area contributed by atoms with Crippen molar-refractivity contribution in [1.29, 1.82) is 0 Å². The maximum Gasteiger partial charge on any atom is 0.310 e. The van der Waals surface area contributed by atoms with E-state index in [-0.39, 0.29) is 23.7 Å². The monoisotopic (exact) mass is 263 g/mol. The van der Waals surface area contributed by atoms with Gasteiger partial charge in [-0.1, -0.05) is 12.8 Å². The second kappa shape index (κ2) is 6.35. The molecule has 0 spiro atoms. The van der Waals surface area contributed by atoms with Crippen LogP contribution in [0.2, 0.25) is 0 Å². The highest BCUT2D eigenvalue weighted by Crippen LogP contribution is 2.26. The second-order valence-electron chi connectivity index (χ2n) is 4.27. The molecule has 0 aromatic heterocycles. The minimum absolute atomic E-state index is 0.0407. The molecule has 17 heavy (non-hydrogen) atoms. The van der Waals surface area contributed by atoms with Gasteiger partial charge in [0.05, 0.1) is 18.3 Å². The fourth-order valence-corrected chi connectivity index (χ4v) is 3.03. The summed E-state index contributed by atoms with van der Waals surface area (Å²) in [5, 5.41) is 0. The molecule has 1 aliphatic rings. The van der Waals surface area contributed by atoms with Crippen molar-refractivity contribution in [3.63, 3.8) is 0 Å². The summed E-state index contributed by atoms with van der Waals surface area (Å²) in [6, 6.07) is -0.298. The fourth-order valence-electron chi connectivity index (χ4n) is 2.12. The van der Waals surface area contributed by atoms with Crippen LogP contribution in [0.15, 0.2) is 0 Å². The molecule has 0 bridgehead atoms. The zero-order valence-electron chi connectivity index (χ0n) is 10.4. The minimum Gasteiger partial charge on any atom is -0.466 e. The third kappa shape index (κ3) is 4.27. The standard InChI is InChI=1S/C11H21NO4S/c1-3-16-11(13)9-7-5-6-8-10(9)12-17(14,15)4-2/h9-10,12H,3-8H2,1-2H3. The summed E-state index contributed by atoms with van der Waals surface area (Å²) in [6.07, 6.45) is 3.32. The maximum absolute atomic E-state index is 11.7. The van der Waals surface area contributed by atoms with Gasteiger partial charge in [0.1, 0.15) is 0 Å². The molecule has 1 aliphatic carbocycles. The number of ether oxygens (including phenoxy) is 1. The molecular weight excluding hydrogens is 242 g/mol. The number of hydrogen-bond donors (Lipinski definition) is 1. The Kier molecular flexibility index (Phi) is 5.39. The van der Waals surface area contributed by atoms with Crippen LogP contribution in [-0.2, 0) is 19.6 Å². The number of carbonyl (C=O) groups excluding carboxylic acids is 1. The van der Waals surface area contributed by atoms with Gasteiger partial charge in [-0.15, -0.1) is 0 Å². The van der Waals surface area contributed by atoms with Crippen molar-refractivity contribution in [3.8, 4) is 0 Å². The molecule has 0 radical (unpaired) electrons. The quantitative estimate of drug-likeness (QED) is 0.752. The van der Waals surface area contributed by atoms with E-state index in [2.05, 4.69) is 4.72 Å². The lowest BCUT2D eigenvalue weighted by Crippen LogP contribution is -2.46. The van der Waals surface area contributed by atoms with Crippen LogP contribution in [0.3, 0.4) is 0 Å². The predicted octanol–water partition coefficient (Wildman–Crippen LogP) is 1.05. The molecule has 0 aromatic carbocycles. The number of esters is 1. The van der Waals surface area contributed by atoms with Crippen molar-refractivity contribution in [1.82, 2.24) is 4.72 Å². The van der Waals surface area contributed by atoms with Gasteiger partial charge in [-0.05, 0) is 26.7 Å². The maximum atomic E-state index is 11.7. The third-order valence-electron chi connectivity index (χ3n) is 3.07. The average Bonchev–Trinajstić information content (AvgIpc) is 2.29. The Balaban J connectivity index is 2.69. The third-order valence-corrected chi connectivity index (χ3v) is 4.49. The molecule has 1 fully saturated rings. The zero-order valence-corrected chi connectivity index (χ0v) is 11.3. The van der Waals surface area contributed by atoms with E-state index >= 15 is 0 Å². The van der Waals surface area contributed by atoms with E-state index in [1.54, 1.807) is 13.8 Å². The van der Waals surface area contributed by atoms with Crippen LogP contribution in [0.25, 0.3) is 0 Å². The van der Waals surface area contributed by atoms with Crippen molar-refractivity contribution in [2.45, 2.75) is 45.6 Å². The summed E-state index contributed by atoms with van der Waals surface area (Å²) in [5.74, 6) is -0.569. The highest BCUT2D eigenvalue weighted by molar-refractivity contribution is 7.89. The van der Waals surface area contributed by atoms with Crippen LogP contribution < -0.4 is 4.72 Å². The number of hydrogen-bond acceptors (Lipinski definition) is 4. The lowest BCUT2D eigenvalue weighted by molar-refractivity contribution is -0.149. The molecule has 0 saturated heterocycles. The Bertz CT molecular complexity index is 352. The van der Waals surface area contributed by atoms with Crippen molar-refractivity contribution in [2.24, 2.45) is 5.92 Å². The van der Waals surface area contributed by atoms with Gasteiger partial charge in [-0.2, -0.15) is 0 Å². The summed E-state index contributed by atoms with van der Waals surface area (Å²) >= 11 is 0. The number of nitrogens with one attached hydrogen (secondary N) is 1. The fraction of sp³-hybridized carbons (Fsp3) is 0.909. The molecule has 100 valence electrons. The van der Waals surface area contributed by atoms with Gasteiger partial charge < -0.3 is 4.74 Å². The second-order valence-corrected chi connectivity index (χ2v) is 6.31. The smallest absolute Gasteiger partial charge is 0.310 e. The van der Waals surface area contributed by atoms with Crippen LogP contribution in [0.5, 0.6) is 0 Å². The lowest BCUT2D eigenvalue weighted by Gasteiger charge is -2.30. The summed E-state index contributed by atoms with van der Waals surface area (Å²) in [7, 11) is -3.26. The van der Waals surface area contributed by atoms with Crippen molar-refractivity contribution in [2.75, 3.05) is 12.4 Å². The van der Waals surface area contributed by atoms with Gasteiger partial charge >= 0.3 is 5.97 Å². The SMILES string of the molecule is CCOC(=O)C1CCCCC1NS(=O)(=O)CC. The molecule has 2 atom stereocenters. The van der Waals surface area contributed by atoms with Gasteiger partial charge in [0.2, 0.25) is 10.0 Å². The normalized spacial score (nSPS) is 25.5. The Morgan fingerprint density at radius 2 is 1.94 bits per heavy atom. The van der Waals surface area contributed by atoms with Crippen LogP contribution in [0, 0.1) is 5.92 Å². The van der Waals surface area contributed by atoms with Gasteiger partial charge in [0, 0.05) is 6.04 Å². The van der Waals surface area contributed by atoms with Gasteiger partial charge in [-0.3, -0.25) is 4.79 Å². The van der Waals surface area contributed by atoms with E-state index in [4.69, 9.17) is 4.74 Å². The van der Waals surface area contributed by atoms with E-state index < -0.39 is 10.0 Å². The topological polar surface area (TPSA) is 72.5 Å². The van der Waals surface area contributed by atoms with Crippen LogP contribution >= 0.6 is 0 Å². The van der Waals surface area contributed by atoms with Crippen LogP contribution in [0.4, 0.5) is 0 Å². The van der Waals surface area contributed by atoms with Crippen molar-refractivity contribution < 1.29 is 17.9 Å². The van der Waals surface area contributed by atoms with Gasteiger partial charge in [0.15, 0.2) is 0 Å². The summed E-state index contributed by atoms with van der Waals surface area (Å²) < 4.78 is 30.7. The first-order valence-electron chi connectivity index (χ1n) is 6.16. The molecule has 0 aliphatic heterocycles. The van der Waals surface area contributed by atoms with E-state index in [1.165, 1.54) is 0 Å². The molecule has 5 nitrogen and oxygen atoms in total. The zero-order chi connectivity index (χ0) is 12.9. The first kappa shape index (κ1) is 14.4. The summed E-state index contributed by atoms with van der Waals surface area (Å²) in [6.45, 7) is 3.68. The number of carbonyl (C=O) groups is 1. The van der Waals surface area contributed by atoms with Gasteiger partial charge in [0.25, 0.3) is 0 Å². The Hall–Kier alpha value is -0.620. The molecular formula is C11H21NO4S. The first-order chi connectivity index (χ1) is 8.00. The molecule has 2 unspecified atom stereocenters. The van der Waals surface area contributed by atoms with Crippen LogP contribution in [-0.4, -0.2) is 32.8 Å². The summed E-state index contributed by atoms with van der Waals surface area (Å²) in [5.41, 5.74) is 0. The average molecular weight is 263 g/mol. The molecule has 0 heterocycles. The minimum atomic E-state index is -3.26.